The third kappa shape index (κ3) is 1.82. The van der Waals surface area contributed by atoms with Crippen LogP contribution in [0.1, 0.15) is 36.5 Å². The number of hydrogen-bond donors (Lipinski definition) is 0. The molecule has 0 fully saturated rings. The zero-order chi connectivity index (χ0) is 9.80. The number of benzene rings is 1. The van der Waals surface area contributed by atoms with Gasteiger partial charge >= 0.3 is 0 Å². The number of fused-ring (bicyclic) bond motifs is 1. The van der Waals surface area contributed by atoms with E-state index in [9.17, 15) is 0 Å². The Morgan fingerprint density at radius 3 is 3.00 bits per heavy atom. The molecule has 1 radical (unpaired) electrons. The maximum absolute atomic E-state index is 5.60. The summed E-state index contributed by atoms with van der Waals surface area (Å²) in [5, 5.41) is 0. The van der Waals surface area contributed by atoms with Crippen molar-refractivity contribution in [1.29, 1.82) is 0 Å². The van der Waals surface area contributed by atoms with Crippen molar-refractivity contribution in [3.05, 3.63) is 48.6 Å². The van der Waals surface area contributed by atoms with Crippen LogP contribution in [0.25, 0.3) is 6.08 Å². The van der Waals surface area contributed by atoms with E-state index in [1.807, 2.05) is 6.08 Å². The summed E-state index contributed by atoms with van der Waals surface area (Å²) in [6, 6.07) is 8.41. The van der Waals surface area contributed by atoms with E-state index in [2.05, 4.69) is 31.2 Å². The van der Waals surface area contributed by atoms with Crippen molar-refractivity contribution < 1.29 is 4.74 Å². The number of ether oxygens (including phenoxy) is 1. The molecule has 1 atom stereocenters. The van der Waals surface area contributed by atoms with Gasteiger partial charge in [0.2, 0.25) is 0 Å². The SMILES string of the molecule is [CH2]CCCC1OC=Cc2ccccc21. The first-order valence-electron chi connectivity index (χ1n) is 5.12. The van der Waals surface area contributed by atoms with Gasteiger partial charge in [0, 0.05) is 0 Å². The molecule has 1 nitrogen and oxygen atoms in total. The van der Waals surface area contributed by atoms with Crippen LogP contribution < -0.4 is 0 Å². The fourth-order valence-electron chi connectivity index (χ4n) is 1.79. The van der Waals surface area contributed by atoms with Gasteiger partial charge in [0.25, 0.3) is 0 Å². The molecule has 1 unspecified atom stereocenters. The normalized spacial score (nSPS) is 18.8. The van der Waals surface area contributed by atoms with Gasteiger partial charge < -0.3 is 4.74 Å². The Morgan fingerprint density at radius 1 is 1.29 bits per heavy atom. The van der Waals surface area contributed by atoms with Crippen molar-refractivity contribution in [2.75, 3.05) is 0 Å². The first kappa shape index (κ1) is 9.32. The molecule has 1 aliphatic heterocycles. The first-order chi connectivity index (χ1) is 6.92. The van der Waals surface area contributed by atoms with Crippen molar-refractivity contribution in [2.24, 2.45) is 0 Å². The van der Waals surface area contributed by atoms with E-state index in [0.29, 0.717) is 0 Å². The highest BCUT2D eigenvalue weighted by atomic mass is 16.5. The van der Waals surface area contributed by atoms with Crippen LogP contribution in [0.2, 0.25) is 0 Å². The van der Waals surface area contributed by atoms with Crippen LogP contribution in [0.5, 0.6) is 0 Å². The monoisotopic (exact) mass is 187 g/mol. The fraction of sp³-hybridized carbons (Fsp3) is 0.308. The highest BCUT2D eigenvalue weighted by molar-refractivity contribution is 5.55. The third-order valence-electron chi connectivity index (χ3n) is 2.55. The fourth-order valence-corrected chi connectivity index (χ4v) is 1.79. The van der Waals surface area contributed by atoms with Gasteiger partial charge in [0.1, 0.15) is 6.10 Å². The van der Waals surface area contributed by atoms with E-state index in [1.54, 1.807) is 6.26 Å². The lowest BCUT2D eigenvalue weighted by molar-refractivity contribution is 0.133. The molecular weight excluding hydrogens is 172 g/mol. The quantitative estimate of drug-likeness (QED) is 0.700. The third-order valence-corrected chi connectivity index (χ3v) is 2.55. The van der Waals surface area contributed by atoms with Crippen LogP contribution in [0.15, 0.2) is 30.5 Å². The lowest BCUT2D eigenvalue weighted by Gasteiger charge is -2.22. The molecular formula is C13H15O. The summed E-state index contributed by atoms with van der Waals surface area (Å²) in [6.45, 7) is 3.85. The van der Waals surface area contributed by atoms with Crippen LogP contribution in [-0.4, -0.2) is 0 Å². The topological polar surface area (TPSA) is 9.23 Å². The molecule has 0 aliphatic carbocycles. The van der Waals surface area contributed by atoms with Crippen molar-refractivity contribution in [1.82, 2.24) is 0 Å². The minimum Gasteiger partial charge on any atom is -0.493 e. The van der Waals surface area contributed by atoms with Gasteiger partial charge in [-0.1, -0.05) is 37.6 Å². The van der Waals surface area contributed by atoms with Gasteiger partial charge in [-0.25, -0.2) is 0 Å². The summed E-state index contributed by atoms with van der Waals surface area (Å²) in [5.74, 6) is 0. The van der Waals surface area contributed by atoms with E-state index in [4.69, 9.17) is 4.74 Å². The molecule has 0 aromatic heterocycles. The zero-order valence-electron chi connectivity index (χ0n) is 8.28. The molecule has 1 aromatic rings. The van der Waals surface area contributed by atoms with Crippen LogP contribution in [0.3, 0.4) is 0 Å². The number of hydrogen-bond acceptors (Lipinski definition) is 1. The number of unbranched alkanes of at least 4 members (excludes halogenated alkanes) is 1. The Labute approximate surface area is 85.4 Å². The van der Waals surface area contributed by atoms with Crippen LogP contribution in [0.4, 0.5) is 0 Å². The average molecular weight is 187 g/mol. The summed E-state index contributed by atoms with van der Waals surface area (Å²) < 4.78 is 5.60. The Morgan fingerprint density at radius 2 is 2.14 bits per heavy atom. The second kappa shape index (κ2) is 4.32. The maximum Gasteiger partial charge on any atom is 0.123 e. The molecule has 0 saturated heterocycles. The second-order valence-corrected chi connectivity index (χ2v) is 3.55. The number of rotatable bonds is 3. The molecule has 0 spiro atoms. The first-order valence-corrected chi connectivity index (χ1v) is 5.12. The van der Waals surface area contributed by atoms with Gasteiger partial charge in [-0.2, -0.15) is 0 Å². The van der Waals surface area contributed by atoms with E-state index < -0.39 is 0 Å². The Kier molecular flexibility index (Phi) is 2.87. The second-order valence-electron chi connectivity index (χ2n) is 3.55. The van der Waals surface area contributed by atoms with Crippen molar-refractivity contribution in [3.8, 4) is 0 Å². The summed E-state index contributed by atoms with van der Waals surface area (Å²) in [4.78, 5) is 0. The molecule has 0 amide bonds. The highest BCUT2D eigenvalue weighted by Crippen LogP contribution is 2.30. The summed E-state index contributed by atoms with van der Waals surface area (Å²) >= 11 is 0. The van der Waals surface area contributed by atoms with Crippen LogP contribution in [-0.2, 0) is 4.74 Å². The zero-order valence-corrected chi connectivity index (χ0v) is 8.28. The summed E-state index contributed by atoms with van der Waals surface area (Å²) in [7, 11) is 0. The van der Waals surface area contributed by atoms with Gasteiger partial charge in [-0.3, -0.25) is 0 Å². The minimum atomic E-state index is 0.234. The van der Waals surface area contributed by atoms with E-state index in [0.717, 1.165) is 19.3 Å². The standard InChI is InChI=1S/C13H15O/c1-2-3-8-13-12-7-5-4-6-11(12)9-10-14-13/h4-7,9-10,13H,1-3,8H2. The van der Waals surface area contributed by atoms with Crippen molar-refractivity contribution >= 4 is 6.08 Å². The Bertz CT molecular complexity index is 328. The van der Waals surface area contributed by atoms with E-state index in [-0.39, 0.29) is 6.10 Å². The molecule has 1 heteroatoms. The highest BCUT2D eigenvalue weighted by Gasteiger charge is 2.16. The Hall–Kier alpha value is -1.24. The molecule has 0 N–H and O–H groups in total. The summed E-state index contributed by atoms with van der Waals surface area (Å²) in [5.41, 5.74) is 2.59. The van der Waals surface area contributed by atoms with Gasteiger partial charge in [-0.15, -0.1) is 0 Å². The van der Waals surface area contributed by atoms with Crippen LogP contribution >= 0.6 is 0 Å². The Balaban J connectivity index is 2.18. The molecule has 1 aliphatic rings. The van der Waals surface area contributed by atoms with E-state index in [1.165, 1.54) is 11.1 Å². The predicted molar refractivity (Wildman–Crippen MR) is 58.5 cm³/mol. The van der Waals surface area contributed by atoms with Gasteiger partial charge in [0.15, 0.2) is 0 Å². The van der Waals surface area contributed by atoms with Crippen molar-refractivity contribution in [3.63, 3.8) is 0 Å². The minimum absolute atomic E-state index is 0.234. The molecule has 1 aromatic carbocycles. The molecule has 14 heavy (non-hydrogen) atoms. The lowest BCUT2D eigenvalue weighted by Crippen LogP contribution is -2.06. The van der Waals surface area contributed by atoms with Gasteiger partial charge in [-0.05, 0) is 30.0 Å². The average Bonchev–Trinajstić information content (AvgIpc) is 2.26. The molecule has 73 valence electrons. The van der Waals surface area contributed by atoms with E-state index >= 15 is 0 Å². The molecule has 2 rings (SSSR count). The van der Waals surface area contributed by atoms with Crippen LogP contribution in [0, 0.1) is 6.92 Å². The predicted octanol–water partition coefficient (Wildman–Crippen LogP) is 3.73. The smallest absolute Gasteiger partial charge is 0.123 e. The van der Waals surface area contributed by atoms with Gasteiger partial charge in [0.05, 0.1) is 6.26 Å². The summed E-state index contributed by atoms with van der Waals surface area (Å²) in [6.07, 6.45) is 7.22. The molecule has 0 bridgehead atoms. The lowest BCUT2D eigenvalue weighted by atomic mass is 9.97. The molecule has 1 heterocycles. The van der Waals surface area contributed by atoms with Crippen molar-refractivity contribution in [2.45, 2.75) is 25.4 Å². The largest absolute Gasteiger partial charge is 0.493 e. The maximum atomic E-state index is 5.60. The molecule has 0 saturated carbocycles.